The van der Waals surface area contributed by atoms with E-state index in [0.29, 0.717) is 6.07 Å². The number of rotatable bonds is 4. The normalized spacial score (nSPS) is 14.1. The molecule has 3 N–H and O–H groups in total. The van der Waals surface area contributed by atoms with Gasteiger partial charge in [-0.3, -0.25) is 10.1 Å². The number of hydrogen-bond acceptors (Lipinski definition) is 2. The van der Waals surface area contributed by atoms with Crippen molar-refractivity contribution in [2.75, 3.05) is 6.54 Å². The van der Waals surface area contributed by atoms with E-state index in [0.717, 1.165) is 18.2 Å². The van der Waals surface area contributed by atoms with Gasteiger partial charge in [0.25, 0.3) is 0 Å². The summed E-state index contributed by atoms with van der Waals surface area (Å²) in [4.78, 5) is 11.1. The molecule has 0 aliphatic carbocycles. The summed E-state index contributed by atoms with van der Waals surface area (Å²) >= 11 is 0. The van der Waals surface area contributed by atoms with Gasteiger partial charge in [0.15, 0.2) is 0 Å². The molecular formula is C11H10F6N2O. The fourth-order valence-corrected chi connectivity index (χ4v) is 1.50. The Morgan fingerprint density at radius 3 is 2.25 bits per heavy atom. The van der Waals surface area contributed by atoms with Gasteiger partial charge in [-0.1, -0.05) is 12.1 Å². The van der Waals surface area contributed by atoms with Crippen LogP contribution in [0.3, 0.4) is 0 Å². The van der Waals surface area contributed by atoms with Gasteiger partial charge in [-0.15, -0.1) is 0 Å². The highest BCUT2D eigenvalue weighted by atomic mass is 19.4. The molecule has 0 saturated carbocycles. The SMILES string of the molecule is NC(=O)C(NCC(F)(F)F)c1cccc(C(F)(F)F)c1. The molecule has 0 bridgehead atoms. The van der Waals surface area contributed by atoms with Crippen molar-refractivity contribution in [2.24, 2.45) is 5.73 Å². The third-order valence-electron chi connectivity index (χ3n) is 2.34. The van der Waals surface area contributed by atoms with E-state index in [1.807, 2.05) is 0 Å². The van der Waals surface area contributed by atoms with Crippen LogP contribution in [0.2, 0.25) is 0 Å². The zero-order chi connectivity index (χ0) is 15.6. The van der Waals surface area contributed by atoms with Crippen LogP contribution in [0.15, 0.2) is 24.3 Å². The summed E-state index contributed by atoms with van der Waals surface area (Å²) in [5, 5.41) is 1.79. The van der Waals surface area contributed by atoms with Gasteiger partial charge in [0.05, 0.1) is 12.1 Å². The van der Waals surface area contributed by atoms with Crippen molar-refractivity contribution >= 4 is 5.91 Å². The summed E-state index contributed by atoms with van der Waals surface area (Å²) in [6.07, 6.45) is -9.28. The molecule has 3 nitrogen and oxygen atoms in total. The standard InChI is InChI=1S/C11H10F6N2O/c12-10(13,14)5-19-8(9(18)20)6-2-1-3-7(4-6)11(15,16)17/h1-4,8,19H,5H2,(H2,18,20). The largest absolute Gasteiger partial charge is 0.416 e. The zero-order valence-electron chi connectivity index (χ0n) is 9.85. The third-order valence-corrected chi connectivity index (χ3v) is 2.34. The van der Waals surface area contributed by atoms with E-state index in [2.05, 4.69) is 0 Å². The minimum atomic E-state index is -4.66. The van der Waals surface area contributed by atoms with Crippen LogP contribution in [0.1, 0.15) is 17.2 Å². The minimum Gasteiger partial charge on any atom is -0.368 e. The van der Waals surface area contributed by atoms with Crippen molar-refractivity contribution < 1.29 is 31.1 Å². The van der Waals surface area contributed by atoms with Gasteiger partial charge < -0.3 is 5.73 Å². The lowest BCUT2D eigenvalue weighted by Crippen LogP contribution is -2.39. The Morgan fingerprint density at radius 2 is 1.80 bits per heavy atom. The van der Waals surface area contributed by atoms with Crippen LogP contribution in [-0.2, 0) is 11.0 Å². The average molecular weight is 300 g/mol. The van der Waals surface area contributed by atoms with Crippen molar-refractivity contribution in [3.63, 3.8) is 0 Å². The van der Waals surface area contributed by atoms with E-state index in [1.54, 1.807) is 5.32 Å². The monoisotopic (exact) mass is 300 g/mol. The quantitative estimate of drug-likeness (QED) is 0.839. The number of carbonyl (C=O) groups excluding carboxylic acids is 1. The molecule has 0 aromatic heterocycles. The van der Waals surface area contributed by atoms with Crippen molar-refractivity contribution in [1.82, 2.24) is 5.32 Å². The average Bonchev–Trinajstić information content (AvgIpc) is 2.26. The second-order valence-corrected chi connectivity index (χ2v) is 3.95. The number of primary amides is 1. The van der Waals surface area contributed by atoms with E-state index in [1.165, 1.54) is 0 Å². The number of benzene rings is 1. The van der Waals surface area contributed by atoms with Crippen LogP contribution in [0.25, 0.3) is 0 Å². The molecule has 20 heavy (non-hydrogen) atoms. The van der Waals surface area contributed by atoms with Gasteiger partial charge in [0.1, 0.15) is 6.04 Å². The van der Waals surface area contributed by atoms with Crippen molar-refractivity contribution in [3.05, 3.63) is 35.4 Å². The number of nitrogens with two attached hydrogens (primary N) is 1. The second-order valence-electron chi connectivity index (χ2n) is 3.95. The topological polar surface area (TPSA) is 55.1 Å². The van der Waals surface area contributed by atoms with E-state index < -0.39 is 36.4 Å². The van der Waals surface area contributed by atoms with Crippen LogP contribution in [-0.4, -0.2) is 18.6 Å². The summed E-state index contributed by atoms with van der Waals surface area (Å²) in [6.45, 7) is -1.54. The molecule has 0 aliphatic rings. The Bertz CT molecular complexity index is 483. The molecule has 9 heteroatoms. The van der Waals surface area contributed by atoms with Crippen LogP contribution in [0.5, 0.6) is 0 Å². The van der Waals surface area contributed by atoms with Crippen molar-refractivity contribution in [3.8, 4) is 0 Å². The lowest BCUT2D eigenvalue weighted by molar-refractivity contribution is -0.138. The Hall–Kier alpha value is -1.77. The first-order valence-electron chi connectivity index (χ1n) is 5.27. The Morgan fingerprint density at radius 1 is 1.20 bits per heavy atom. The first-order valence-corrected chi connectivity index (χ1v) is 5.27. The minimum absolute atomic E-state index is 0.281. The van der Waals surface area contributed by atoms with E-state index in [9.17, 15) is 31.1 Å². The number of carbonyl (C=O) groups is 1. The molecular weight excluding hydrogens is 290 g/mol. The molecule has 1 unspecified atom stereocenters. The molecule has 1 rings (SSSR count). The molecule has 1 aromatic carbocycles. The van der Waals surface area contributed by atoms with Crippen LogP contribution in [0, 0.1) is 0 Å². The van der Waals surface area contributed by atoms with Crippen LogP contribution < -0.4 is 11.1 Å². The lowest BCUT2D eigenvalue weighted by atomic mass is 10.0. The molecule has 112 valence electrons. The fourth-order valence-electron chi connectivity index (χ4n) is 1.50. The maximum absolute atomic E-state index is 12.5. The van der Waals surface area contributed by atoms with Gasteiger partial charge in [0, 0.05) is 0 Å². The predicted molar refractivity (Wildman–Crippen MR) is 57.4 cm³/mol. The highest BCUT2D eigenvalue weighted by Gasteiger charge is 2.33. The zero-order valence-corrected chi connectivity index (χ0v) is 9.85. The highest BCUT2D eigenvalue weighted by Crippen LogP contribution is 2.30. The van der Waals surface area contributed by atoms with Crippen LogP contribution >= 0.6 is 0 Å². The Kier molecular flexibility index (Phi) is 4.64. The summed E-state index contributed by atoms with van der Waals surface area (Å²) in [7, 11) is 0. The maximum atomic E-state index is 12.5. The molecule has 0 fully saturated rings. The van der Waals surface area contributed by atoms with Crippen molar-refractivity contribution in [2.45, 2.75) is 18.4 Å². The number of hydrogen-bond donors (Lipinski definition) is 2. The smallest absolute Gasteiger partial charge is 0.368 e. The summed E-state index contributed by atoms with van der Waals surface area (Å²) < 4.78 is 73.7. The van der Waals surface area contributed by atoms with E-state index in [-0.39, 0.29) is 5.56 Å². The molecule has 1 atom stereocenters. The molecule has 0 heterocycles. The first-order chi connectivity index (χ1) is 9.00. The lowest BCUT2D eigenvalue weighted by Gasteiger charge is -2.18. The summed E-state index contributed by atoms with van der Waals surface area (Å²) in [5.41, 5.74) is 3.55. The summed E-state index contributed by atoms with van der Waals surface area (Å²) in [5.74, 6) is -1.20. The highest BCUT2D eigenvalue weighted by molar-refractivity contribution is 5.81. The maximum Gasteiger partial charge on any atom is 0.416 e. The van der Waals surface area contributed by atoms with Gasteiger partial charge in [-0.2, -0.15) is 26.3 Å². The molecule has 0 saturated heterocycles. The fraction of sp³-hybridized carbons (Fsp3) is 0.364. The van der Waals surface area contributed by atoms with Crippen LogP contribution in [0.4, 0.5) is 26.3 Å². The Balaban J connectivity index is 3.01. The van der Waals surface area contributed by atoms with Crippen molar-refractivity contribution in [1.29, 1.82) is 0 Å². The predicted octanol–water partition coefficient (Wildman–Crippen LogP) is 2.38. The van der Waals surface area contributed by atoms with E-state index >= 15 is 0 Å². The first kappa shape index (κ1) is 16.3. The molecule has 0 radical (unpaired) electrons. The number of halogens is 6. The van der Waals surface area contributed by atoms with E-state index in [4.69, 9.17) is 5.73 Å². The summed E-state index contributed by atoms with van der Waals surface area (Å²) in [6, 6.07) is 1.75. The van der Waals surface area contributed by atoms with Gasteiger partial charge in [-0.05, 0) is 17.7 Å². The number of nitrogens with one attached hydrogen (secondary N) is 1. The molecule has 0 spiro atoms. The number of amides is 1. The molecule has 0 aliphatic heterocycles. The third kappa shape index (κ3) is 4.72. The number of alkyl halides is 6. The molecule has 1 aromatic rings. The van der Waals surface area contributed by atoms with Gasteiger partial charge >= 0.3 is 12.4 Å². The van der Waals surface area contributed by atoms with Gasteiger partial charge in [0.2, 0.25) is 5.91 Å². The molecule has 1 amide bonds. The Labute approximate surface area is 109 Å². The second kappa shape index (κ2) is 5.70. The van der Waals surface area contributed by atoms with Gasteiger partial charge in [-0.25, -0.2) is 0 Å².